The van der Waals surface area contributed by atoms with E-state index in [0.717, 1.165) is 30.1 Å². The van der Waals surface area contributed by atoms with Gasteiger partial charge in [-0.1, -0.05) is 43.7 Å². The second-order valence-electron chi connectivity index (χ2n) is 4.73. The third-order valence-corrected chi connectivity index (χ3v) is 4.36. The summed E-state index contributed by atoms with van der Waals surface area (Å²) in [5, 5.41) is 4.31. The Morgan fingerprint density at radius 2 is 2.05 bits per heavy atom. The minimum Gasteiger partial charge on any atom is -0.374 e. The molecule has 0 saturated carbocycles. The molecule has 0 fully saturated rings. The second kappa shape index (κ2) is 7.53. The maximum atomic E-state index is 5.59. The van der Waals surface area contributed by atoms with Crippen LogP contribution in [0.15, 0.2) is 30.3 Å². The Balaban J connectivity index is 2.37. The van der Waals surface area contributed by atoms with E-state index in [9.17, 15) is 0 Å². The van der Waals surface area contributed by atoms with Crippen LogP contribution in [0.4, 0.5) is 0 Å². The molecule has 2 aromatic rings. The number of methoxy groups -OCH3 is 1. The summed E-state index contributed by atoms with van der Waals surface area (Å²) in [4.78, 5) is 6.11. The number of nitrogens with zero attached hydrogens (tertiary/aromatic N) is 1. The van der Waals surface area contributed by atoms with Gasteiger partial charge in [0.15, 0.2) is 0 Å². The minimum atomic E-state index is 0.109. The monoisotopic (exact) mass is 290 g/mol. The van der Waals surface area contributed by atoms with Crippen LogP contribution in [-0.4, -0.2) is 19.1 Å². The van der Waals surface area contributed by atoms with Crippen LogP contribution in [0.2, 0.25) is 0 Å². The highest BCUT2D eigenvalue weighted by molar-refractivity contribution is 7.12. The minimum absolute atomic E-state index is 0.109. The molecule has 0 spiro atoms. The fourth-order valence-corrected chi connectivity index (χ4v) is 3.43. The molecule has 1 N–H and O–H groups in total. The predicted octanol–water partition coefficient (Wildman–Crippen LogP) is 4.02. The van der Waals surface area contributed by atoms with Crippen molar-refractivity contribution in [3.63, 3.8) is 0 Å². The Kier molecular flexibility index (Phi) is 5.71. The van der Waals surface area contributed by atoms with Gasteiger partial charge in [0.25, 0.3) is 0 Å². The zero-order valence-electron chi connectivity index (χ0n) is 12.3. The van der Waals surface area contributed by atoms with Crippen LogP contribution in [0, 0.1) is 0 Å². The summed E-state index contributed by atoms with van der Waals surface area (Å²) in [7, 11) is 3.73. The Hall–Kier alpha value is -1.23. The van der Waals surface area contributed by atoms with Crippen LogP contribution in [-0.2, 0) is 11.3 Å². The van der Waals surface area contributed by atoms with Crippen LogP contribution in [0.5, 0.6) is 0 Å². The standard InChI is InChI=1S/C16H22N2OS/c1-4-8-13(19-3)16-18-15(14(20-16)11-17-2)12-9-6-5-7-10-12/h5-7,9-10,13,17H,4,8,11H2,1-3H3. The summed E-state index contributed by atoms with van der Waals surface area (Å²) in [6.45, 7) is 3.01. The van der Waals surface area contributed by atoms with Crippen LogP contribution in [0.25, 0.3) is 11.3 Å². The van der Waals surface area contributed by atoms with Gasteiger partial charge in [-0.25, -0.2) is 4.98 Å². The number of ether oxygens (including phenoxy) is 1. The maximum Gasteiger partial charge on any atom is 0.123 e. The van der Waals surface area contributed by atoms with Crippen LogP contribution >= 0.6 is 11.3 Å². The molecule has 0 bridgehead atoms. The first-order valence-electron chi connectivity index (χ1n) is 7.02. The van der Waals surface area contributed by atoms with Gasteiger partial charge in [-0.2, -0.15) is 0 Å². The average molecular weight is 290 g/mol. The van der Waals surface area contributed by atoms with E-state index in [0.29, 0.717) is 0 Å². The van der Waals surface area contributed by atoms with E-state index in [1.54, 1.807) is 18.4 Å². The zero-order chi connectivity index (χ0) is 14.4. The van der Waals surface area contributed by atoms with Gasteiger partial charge in [0.05, 0.1) is 5.69 Å². The van der Waals surface area contributed by atoms with E-state index in [4.69, 9.17) is 9.72 Å². The summed E-state index contributed by atoms with van der Waals surface area (Å²) < 4.78 is 5.59. The molecule has 1 unspecified atom stereocenters. The quantitative estimate of drug-likeness (QED) is 0.836. The summed E-state index contributed by atoms with van der Waals surface area (Å²) in [5.41, 5.74) is 2.25. The highest BCUT2D eigenvalue weighted by atomic mass is 32.1. The van der Waals surface area contributed by atoms with Crippen molar-refractivity contribution in [3.8, 4) is 11.3 Å². The lowest BCUT2D eigenvalue weighted by Crippen LogP contribution is -2.04. The number of aromatic nitrogens is 1. The third-order valence-electron chi connectivity index (χ3n) is 3.21. The summed E-state index contributed by atoms with van der Waals surface area (Å²) in [6, 6.07) is 10.4. The molecular weight excluding hydrogens is 268 g/mol. The topological polar surface area (TPSA) is 34.1 Å². The van der Waals surface area contributed by atoms with Gasteiger partial charge < -0.3 is 10.1 Å². The SMILES string of the molecule is CCCC(OC)c1nc(-c2ccccc2)c(CNC)s1. The lowest BCUT2D eigenvalue weighted by atomic mass is 10.1. The molecular formula is C16H22N2OS. The molecule has 0 radical (unpaired) electrons. The Labute approximate surface area is 125 Å². The Morgan fingerprint density at radius 1 is 1.30 bits per heavy atom. The molecule has 1 aromatic heterocycles. The molecule has 1 heterocycles. The molecule has 1 atom stereocenters. The molecule has 1 aromatic carbocycles. The average Bonchev–Trinajstić information content (AvgIpc) is 2.90. The largest absolute Gasteiger partial charge is 0.374 e. The van der Waals surface area contributed by atoms with Crippen molar-refractivity contribution in [2.75, 3.05) is 14.2 Å². The van der Waals surface area contributed by atoms with Crippen molar-refractivity contribution in [2.45, 2.75) is 32.4 Å². The fourth-order valence-electron chi connectivity index (χ4n) is 2.21. The first-order valence-corrected chi connectivity index (χ1v) is 7.84. The van der Waals surface area contributed by atoms with E-state index in [1.807, 2.05) is 13.1 Å². The maximum absolute atomic E-state index is 5.59. The lowest BCUT2D eigenvalue weighted by Gasteiger charge is -2.10. The van der Waals surface area contributed by atoms with Crippen molar-refractivity contribution in [3.05, 3.63) is 40.2 Å². The first-order chi connectivity index (χ1) is 9.80. The predicted molar refractivity (Wildman–Crippen MR) is 85.0 cm³/mol. The van der Waals surface area contributed by atoms with E-state index in [1.165, 1.54) is 10.4 Å². The van der Waals surface area contributed by atoms with Gasteiger partial charge in [-0.05, 0) is 13.5 Å². The molecule has 4 heteroatoms. The molecule has 0 amide bonds. The molecule has 108 valence electrons. The molecule has 20 heavy (non-hydrogen) atoms. The number of hydrogen-bond donors (Lipinski definition) is 1. The number of hydrogen-bond acceptors (Lipinski definition) is 4. The number of thiazole rings is 1. The van der Waals surface area contributed by atoms with E-state index >= 15 is 0 Å². The van der Waals surface area contributed by atoms with E-state index < -0.39 is 0 Å². The molecule has 2 rings (SSSR count). The van der Waals surface area contributed by atoms with E-state index in [2.05, 4.69) is 36.5 Å². The number of nitrogens with one attached hydrogen (secondary N) is 1. The van der Waals surface area contributed by atoms with E-state index in [-0.39, 0.29) is 6.10 Å². The second-order valence-corrected chi connectivity index (χ2v) is 5.85. The summed E-state index contributed by atoms with van der Waals surface area (Å²) >= 11 is 1.75. The van der Waals surface area contributed by atoms with Crippen LogP contribution in [0.1, 0.15) is 35.8 Å². The van der Waals surface area contributed by atoms with Gasteiger partial charge in [-0.3, -0.25) is 0 Å². The van der Waals surface area contributed by atoms with Crippen LogP contribution in [0.3, 0.4) is 0 Å². The zero-order valence-corrected chi connectivity index (χ0v) is 13.2. The van der Waals surface area contributed by atoms with Crippen molar-refractivity contribution in [2.24, 2.45) is 0 Å². The van der Waals surface area contributed by atoms with Crippen molar-refractivity contribution >= 4 is 11.3 Å². The molecule has 3 nitrogen and oxygen atoms in total. The van der Waals surface area contributed by atoms with Gasteiger partial charge >= 0.3 is 0 Å². The van der Waals surface area contributed by atoms with Gasteiger partial charge in [0, 0.05) is 24.1 Å². The third kappa shape index (κ3) is 3.45. The highest BCUT2D eigenvalue weighted by Gasteiger charge is 2.18. The van der Waals surface area contributed by atoms with Crippen molar-refractivity contribution < 1.29 is 4.74 Å². The Morgan fingerprint density at radius 3 is 2.65 bits per heavy atom. The van der Waals surface area contributed by atoms with Crippen LogP contribution < -0.4 is 5.32 Å². The number of benzene rings is 1. The highest BCUT2D eigenvalue weighted by Crippen LogP contribution is 2.33. The molecule has 0 aliphatic rings. The number of rotatable bonds is 7. The lowest BCUT2D eigenvalue weighted by molar-refractivity contribution is 0.0948. The smallest absolute Gasteiger partial charge is 0.123 e. The van der Waals surface area contributed by atoms with Crippen molar-refractivity contribution in [1.29, 1.82) is 0 Å². The van der Waals surface area contributed by atoms with Crippen molar-refractivity contribution in [1.82, 2.24) is 10.3 Å². The van der Waals surface area contributed by atoms with Gasteiger partial charge in [-0.15, -0.1) is 11.3 Å². The summed E-state index contributed by atoms with van der Waals surface area (Å²) in [6.07, 6.45) is 2.22. The summed E-state index contributed by atoms with van der Waals surface area (Å²) in [5.74, 6) is 0. The van der Waals surface area contributed by atoms with Gasteiger partial charge in [0.2, 0.25) is 0 Å². The fraction of sp³-hybridized carbons (Fsp3) is 0.438. The van der Waals surface area contributed by atoms with Gasteiger partial charge in [0.1, 0.15) is 11.1 Å². The first kappa shape index (κ1) is 15.2. The Bertz CT molecular complexity index is 525. The molecule has 0 aliphatic heterocycles. The molecule has 0 saturated heterocycles. The molecule has 0 aliphatic carbocycles. The normalized spacial score (nSPS) is 12.6.